The van der Waals surface area contributed by atoms with E-state index in [0.29, 0.717) is 12.0 Å². The molecule has 3 fully saturated rings. The van der Waals surface area contributed by atoms with E-state index in [1.807, 2.05) is 0 Å². The van der Waals surface area contributed by atoms with Crippen LogP contribution in [0.5, 0.6) is 0 Å². The Morgan fingerprint density at radius 2 is 1.92 bits per heavy atom. The lowest BCUT2D eigenvalue weighted by molar-refractivity contribution is -0.150. The van der Waals surface area contributed by atoms with Crippen LogP contribution in [-0.2, 0) is 9.53 Å². The number of carbonyl (C=O) groups excluding carboxylic acids is 1. The van der Waals surface area contributed by atoms with E-state index in [1.54, 1.807) is 0 Å². The van der Waals surface area contributed by atoms with Crippen LogP contribution >= 0.6 is 12.4 Å². The van der Waals surface area contributed by atoms with Gasteiger partial charge in [-0.1, -0.05) is 29.8 Å². The number of aryl methyl sites for hydroxylation is 1. The first-order chi connectivity index (χ1) is 12.1. The fourth-order valence-corrected chi connectivity index (χ4v) is 5.21. The molecule has 0 amide bonds. The minimum absolute atomic E-state index is 0. The van der Waals surface area contributed by atoms with Crippen molar-refractivity contribution in [3.8, 4) is 0 Å². The van der Waals surface area contributed by atoms with E-state index in [9.17, 15) is 9.18 Å². The summed E-state index contributed by atoms with van der Waals surface area (Å²) in [4.78, 5) is 15.2. The smallest absolute Gasteiger partial charge is 0.310 e. The minimum Gasteiger partial charge on any atom is -0.469 e. The number of hydrogen-bond donors (Lipinski definition) is 0. The van der Waals surface area contributed by atoms with Crippen LogP contribution in [0.15, 0.2) is 24.3 Å². The van der Waals surface area contributed by atoms with Crippen LogP contribution in [0.25, 0.3) is 0 Å². The molecule has 0 N–H and O–H groups in total. The van der Waals surface area contributed by atoms with Gasteiger partial charge in [0.1, 0.15) is 0 Å². The molecule has 2 saturated heterocycles. The second-order valence-corrected chi connectivity index (χ2v) is 8.21. The highest BCUT2D eigenvalue weighted by atomic mass is 35.5. The van der Waals surface area contributed by atoms with Crippen molar-refractivity contribution >= 4 is 18.4 Å². The molecule has 0 aromatic heterocycles. The molecule has 2 heterocycles. The van der Waals surface area contributed by atoms with Gasteiger partial charge in [0.2, 0.25) is 0 Å². The second kappa shape index (κ2) is 7.85. The molecule has 6 atom stereocenters. The summed E-state index contributed by atoms with van der Waals surface area (Å²) in [6.45, 7) is 2.85. The number of ether oxygens (including phenoxy) is 1. The molecule has 1 aromatic carbocycles. The molecule has 1 saturated carbocycles. The highest BCUT2D eigenvalue weighted by molar-refractivity contribution is 5.85. The first-order valence-corrected chi connectivity index (χ1v) is 9.58. The number of benzene rings is 1. The van der Waals surface area contributed by atoms with E-state index in [0.717, 1.165) is 32.2 Å². The first kappa shape index (κ1) is 19.6. The maximum Gasteiger partial charge on any atom is 0.310 e. The minimum atomic E-state index is -0.194. The van der Waals surface area contributed by atoms with Gasteiger partial charge in [0.15, 0.2) is 0 Å². The monoisotopic (exact) mass is 381 g/mol. The number of halogens is 2. The Balaban J connectivity index is 0.00000196. The molecule has 0 spiro atoms. The van der Waals surface area contributed by atoms with Crippen LogP contribution in [0.1, 0.15) is 42.7 Å². The van der Waals surface area contributed by atoms with Gasteiger partial charge in [0.05, 0.1) is 19.7 Å². The zero-order chi connectivity index (χ0) is 17.6. The number of methoxy groups -OCH3 is 1. The summed E-state index contributed by atoms with van der Waals surface area (Å²) in [6.07, 6.45) is 4.22. The van der Waals surface area contributed by atoms with Crippen LogP contribution in [-0.4, -0.2) is 43.3 Å². The second-order valence-electron chi connectivity index (χ2n) is 8.21. The summed E-state index contributed by atoms with van der Waals surface area (Å²) in [6, 6.07) is 9.38. The van der Waals surface area contributed by atoms with E-state index in [-0.39, 0.29) is 48.8 Å². The van der Waals surface area contributed by atoms with E-state index in [1.165, 1.54) is 18.2 Å². The maximum atomic E-state index is 12.9. The number of nitrogens with zero attached hydrogens (tertiary/aromatic N) is 1. The normalized spacial score (nSPS) is 35.7. The Labute approximate surface area is 161 Å². The topological polar surface area (TPSA) is 29.5 Å². The molecule has 144 valence electrons. The van der Waals surface area contributed by atoms with Crippen molar-refractivity contribution in [3.05, 3.63) is 35.4 Å². The highest BCUT2D eigenvalue weighted by Crippen LogP contribution is 2.50. The predicted molar refractivity (Wildman–Crippen MR) is 102 cm³/mol. The molecule has 1 aliphatic carbocycles. The summed E-state index contributed by atoms with van der Waals surface area (Å²) < 4.78 is 18.1. The van der Waals surface area contributed by atoms with Crippen molar-refractivity contribution in [3.63, 3.8) is 0 Å². The zero-order valence-corrected chi connectivity index (χ0v) is 16.4. The molecular weight excluding hydrogens is 353 g/mol. The molecule has 3 nitrogen and oxygen atoms in total. The van der Waals surface area contributed by atoms with Gasteiger partial charge in [0.25, 0.3) is 0 Å². The number of hydrogen-bond acceptors (Lipinski definition) is 3. The van der Waals surface area contributed by atoms with Gasteiger partial charge in [0, 0.05) is 24.5 Å². The maximum absolute atomic E-state index is 12.9. The summed E-state index contributed by atoms with van der Waals surface area (Å²) in [7, 11) is 1.50. The Kier molecular flexibility index (Phi) is 5.93. The number of carbonyl (C=O) groups is 1. The van der Waals surface area contributed by atoms with Crippen molar-refractivity contribution in [1.82, 2.24) is 4.90 Å². The van der Waals surface area contributed by atoms with Crippen molar-refractivity contribution < 1.29 is 13.9 Å². The van der Waals surface area contributed by atoms with Gasteiger partial charge in [-0.3, -0.25) is 14.1 Å². The van der Waals surface area contributed by atoms with Crippen molar-refractivity contribution in [2.24, 2.45) is 17.8 Å². The van der Waals surface area contributed by atoms with E-state index in [4.69, 9.17) is 4.74 Å². The van der Waals surface area contributed by atoms with Crippen LogP contribution in [0, 0.1) is 24.7 Å². The largest absolute Gasteiger partial charge is 0.469 e. The zero-order valence-electron chi connectivity index (χ0n) is 15.6. The van der Waals surface area contributed by atoms with Gasteiger partial charge in [-0.25, -0.2) is 0 Å². The number of piperidine rings is 1. The van der Waals surface area contributed by atoms with E-state index >= 15 is 0 Å². The predicted octanol–water partition coefficient (Wildman–Crippen LogP) is 4.13. The van der Waals surface area contributed by atoms with Gasteiger partial charge < -0.3 is 4.74 Å². The Morgan fingerprint density at radius 3 is 2.54 bits per heavy atom. The summed E-state index contributed by atoms with van der Waals surface area (Å²) in [5.41, 5.74) is 2.50. The van der Waals surface area contributed by atoms with Crippen LogP contribution in [0.3, 0.4) is 0 Å². The van der Waals surface area contributed by atoms with Gasteiger partial charge in [-0.05, 0) is 50.0 Å². The first-order valence-electron chi connectivity index (χ1n) is 9.58. The van der Waals surface area contributed by atoms with Crippen LogP contribution < -0.4 is 0 Å². The molecule has 4 rings (SSSR count). The third-order valence-corrected chi connectivity index (χ3v) is 6.76. The lowest BCUT2D eigenvalue weighted by atomic mass is 9.75. The van der Waals surface area contributed by atoms with Gasteiger partial charge in [-0.15, -0.1) is 12.4 Å². The Bertz CT molecular complexity index is 637. The van der Waals surface area contributed by atoms with Gasteiger partial charge >= 0.3 is 5.97 Å². The molecule has 26 heavy (non-hydrogen) atoms. The molecule has 3 aliphatic rings. The molecule has 1 aromatic rings. The molecule has 0 unspecified atom stereocenters. The Morgan fingerprint density at radius 1 is 1.19 bits per heavy atom. The SMILES string of the molecule is COC(=O)[C@H]1[C@@H](c2ccc(C)cc2)C[C@@H]2CC[C@H]1N2C[C@@H]1C[C@H]1CF.Cl. The quantitative estimate of drug-likeness (QED) is 0.718. The molecular formula is C21H29ClFNO2. The third kappa shape index (κ3) is 3.50. The van der Waals surface area contributed by atoms with Crippen molar-refractivity contribution in [2.45, 2.75) is 50.6 Å². The van der Waals surface area contributed by atoms with E-state index in [2.05, 4.69) is 36.1 Å². The van der Waals surface area contributed by atoms with Gasteiger partial charge in [-0.2, -0.15) is 0 Å². The highest BCUT2D eigenvalue weighted by Gasteiger charge is 2.52. The number of rotatable bonds is 5. The fraction of sp³-hybridized carbons (Fsp3) is 0.667. The summed E-state index contributed by atoms with van der Waals surface area (Å²) >= 11 is 0. The molecule has 2 aliphatic heterocycles. The molecule has 5 heteroatoms. The Hall–Kier alpha value is -1.13. The lowest BCUT2D eigenvalue weighted by Gasteiger charge is -2.44. The van der Waals surface area contributed by atoms with Crippen LogP contribution in [0.4, 0.5) is 4.39 Å². The standard InChI is InChI=1S/C21H28FNO2.ClH/c1-13-3-5-14(6-4-13)18-10-17-7-8-19(20(18)21(24)25-2)23(17)12-16-9-15(16)11-22;/h3-6,15-20H,7-12H2,1-2H3;1H/t15-,16-,17-,18+,19+,20-;/m0./s1. The average molecular weight is 382 g/mol. The van der Waals surface area contributed by atoms with Crippen molar-refractivity contribution in [2.75, 3.05) is 20.3 Å². The molecule has 2 bridgehead atoms. The number of esters is 1. The number of alkyl halides is 1. The molecule has 0 radical (unpaired) electrons. The third-order valence-electron chi connectivity index (χ3n) is 6.76. The summed E-state index contributed by atoms with van der Waals surface area (Å²) in [5, 5.41) is 0. The average Bonchev–Trinajstić information content (AvgIpc) is 3.32. The number of fused-ring (bicyclic) bond motifs is 2. The lowest BCUT2D eigenvalue weighted by Crippen LogP contribution is -2.51. The summed E-state index contributed by atoms with van der Waals surface area (Å²) in [5.74, 6) is 0.791. The van der Waals surface area contributed by atoms with Crippen molar-refractivity contribution in [1.29, 1.82) is 0 Å². The van der Waals surface area contributed by atoms with E-state index < -0.39 is 0 Å². The van der Waals surface area contributed by atoms with Crippen LogP contribution in [0.2, 0.25) is 0 Å². The fourth-order valence-electron chi connectivity index (χ4n) is 5.21.